The number of halogens is 3. The first kappa shape index (κ1) is 14.0. The minimum Gasteiger partial charge on any atom is -0.404 e. The number of nitrogens with one attached hydrogen (secondary N) is 1. The summed E-state index contributed by atoms with van der Waals surface area (Å²) in [4.78, 5) is 0. The van der Waals surface area contributed by atoms with Gasteiger partial charge in [-0.2, -0.15) is 0 Å². The molecule has 0 aliphatic heterocycles. The van der Waals surface area contributed by atoms with E-state index < -0.39 is 6.36 Å². The quantitative estimate of drug-likeness (QED) is 0.829. The third-order valence-electron chi connectivity index (χ3n) is 2.64. The molecule has 0 fully saturated rings. The minimum atomic E-state index is -4.73. The van der Waals surface area contributed by atoms with Crippen molar-refractivity contribution < 1.29 is 17.9 Å². The number of benzene rings is 2. The standard InChI is InChI=1S/C14H13F3N2O/c1-9-6-7-10(18)8-12(9)19-11-4-2-3-5-13(11)20-14(15,16)17/h2-8,19H,18H2,1H3. The maximum Gasteiger partial charge on any atom is 0.573 e. The summed E-state index contributed by atoms with van der Waals surface area (Å²) in [5.41, 5.74) is 7.90. The molecule has 0 spiro atoms. The van der Waals surface area contributed by atoms with Crippen molar-refractivity contribution >= 4 is 17.1 Å². The minimum absolute atomic E-state index is 0.221. The smallest absolute Gasteiger partial charge is 0.404 e. The van der Waals surface area contributed by atoms with E-state index in [1.165, 1.54) is 18.2 Å². The second-order valence-electron chi connectivity index (χ2n) is 4.24. The molecule has 0 amide bonds. The molecule has 3 nitrogen and oxygen atoms in total. The van der Waals surface area contributed by atoms with Crippen molar-refractivity contribution in [3.05, 3.63) is 48.0 Å². The molecule has 0 aliphatic rings. The summed E-state index contributed by atoms with van der Waals surface area (Å²) in [5, 5.41) is 2.90. The van der Waals surface area contributed by atoms with Gasteiger partial charge in [0.25, 0.3) is 0 Å². The fraction of sp³-hybridized carbons (Fsp3) is 0.143. The summed E-state index contributed by atoms with van der Waals surface area (Å²) in [5.74, 6) is -0.290. The summed E-state index contributed by atoms with van der Waals surface area (Å²) >= 11 is 0. The summed E-state index contributed by atoms with van der Waals surface area (Å²) in [6, 6.07) is 11.0. The lowest BCUT2D eigenvalue weighted by atomic mass is 10.1. The van der Waals surface area contributed by atoms with Crippen LogP contribution in [0.3, 0.4) is 0 Å². The molecule has 0 heterocycles. The molecule has 0 bridgehead atoms. The lowest BCUT2D eigenvalue weighted by Crippen LogP contribution is -2.17. The third kappa shape index (κ3) is 3.57. The van der Waals surface area contributed by atoms with Gasteiger partial charge in [-0.3, -0.25) is 0 Å². The fourth-order valence-electron chi connectivity index (χ4n) is 1.70. The van der Waals surface area contributed by atoms with Gasteiger partial charge < -0.3 is 15.8 Å². The first-order valence-corrected chi connectivity index (χ1v) is 5.83. The molecule has 3 N–H and O–H groups in total. The Balaban J connectivity index is 2.32. The van der Waals surface area contributed by atoms with Gasteiger partial charge in [-0.25, -0.2) is 0 Å². The Labute approximate surface area is 114 Å². The van der Waals surface area contributed by atoms with Crippen molar-refractivity contribution in [2.45, 2.75) is 13.3 Å². The molecule has 6 heteroatoms. The highest BCUT2D eigenvalue weighted by atomic mass is 19.4. The van der Waals surface area contributed by atoms with Crippen LogP contribution in [0.2, 0.25) is 0 Å². The molecule has 0 radical (unpaired) electrons. The topological polar surface area (TPSA) is 47.3 Å². The predicted octanol–water partition coefficient (Wildman–Crippen LogP) is 4.22. The predicted molar refractivity (Wildman–Crippen MR) is 72.0 cm³/mol. The number of rotatable bonds is 3. The van der Waals surface area contributed by atoms with E-state index >= 15 is 0 Å². The molecule has 0 aromatic heterocycles. The highest BCUT2D eigenvalue weighted by molar-refractivity contribution is 5.70. The molecule has 2 rings (SSSR count). The van der Waals surface area contributed by atoms with Crippen molar-refractivity contribution in [2.75, 3.05) is 11.1 Å². The van der Waals surface area contributed by atoms with Crippen LogP contribution >= 0.6 is 0 Å². The number of nitrogens with two attached hydrogens (primary N) is 1. The second-order valence-corrected chi connectivity index (χ2v) is 4.24. The Bertz CT molecular complexity index is 612. The number of hydrogen-bond donors (Lipinski definition) is 2. The largest absolute Gasteiger partial charge is 0.573 e. The van der Waals surface area contributed by atoms with Gasteiger partial charge in [-0.1, -0.05) is 18.2 Å². The lowest BCUT2D eigenvalue weighted by molar-refractivity contribution is -0.274. The van der Waals surface area contributed by atoms with Crippen molar-refractivity contribution in [2.24, 2.45) is 0 Å². The van der Waals surface area contributed by atoms with E-state index in [1.807, 2.05) is 6.92 Å². The number of anilines is 3. The van der Waals surface area contributed by atoms with Crippen LogP contribution in [0.15, 0.2) is 42.5 Å². The van der Waals surface area contributed by atoms with Crippen LogP contribution in [0.4, 0.5) is 30.2 Å². The summed E-state index contributed by atoms with van der Waals surface area (Å²) in [6.07, 6.45) is -4.73. The number of nitrogen functional groups attached to an aromatic ring is 1. The SMILES string of the molecule is Cc1ccc(N)cc1Nc1ccccc1OC(F)(F)F. The summed E-state index contributed by atoms with van der Waals surface area (Å²) in [6.45, 7) is 1.83. The van der Waals surface area contributed by atoms with Crippen molar-refractivity contribution in [1.82, 2.24) is 0 Å². The molecule has 0 unspecified atom stereocenters. The zero-order valence-corrected chi connectivity index (χ0v) is 10.7. The Hall–Kier alpha value is -2.37. The molecule has 0 atom stereocenters. The molecular formula is C14H13F3N2O. The highest BCUT2D eigenvalue weighted by Crippen LogP contribution is 2.33. The van der Waals surface area contributed by atoms with E-state index in [9.17, 15) is 13.2 Å². The lowest BCUT2D eigenvalue weighted by Gasteiger charge is -2.16. The van der Waals surface area contributed by atoms with E-state index in [0.29, 0.717) is 11.4 Å². The Kier molecular flexibility index (Phi) is 3.74. The monoisotopic (exact) mass is 282 g/mol. The van der Waals surface area contributed by atoms with Gasteiger partial charge in [0.1, 0.15) is 0 Å². The average Bonchev–Trinajstić information content (AvgIpc) is 2.34. The average molecular weight is 282 g/mol. The molecule has 2 aromatic carbocycles. The first-order chi connectivity index (χ1) is 9.35. The van der Waals surface area contributed by atoms with Gasteiger partial charge in [-0.05, 0) is 36.8 Å². The van der Waals surface area contributed by atoms with Gasteiger partial charge in [0.15, 0.2) is 5.75 Å². The molecule has 2 aromatic rings. The van der Waals surface area contributed by atoms with Crippen LogP contribution in [0, 0.1) is 6.92 Å². The number of ether oxygens (including phenoxy) is 1. The second kappa shape index (κ2) is 5.32. The fourth-order valence-corrected chi connectivity index (χ4v) is 1.70. The molecule has 0 saturated heterocycles. The van der Waals surface area contributed by atoms with Crippen molar-refractivity contribution in [3.63, 3.8) is 0 Å². The summed E-state index contributed by atoms with van der Waals surface area (Å²) in [7, 11) is 0. The van der Waals surface area contributed by atoms with Crippen LogP contribution in [0.5, 0.6) is 5.75 Å². The zero-order valence-electron chi connectivity index (χ0n) is 10.7. The van der Waals surface area contributed by atoms with Crippen LogP contribution in [0.25, 0.3) is 0 Å². The summed E-state index contributed by atoms with van der Waals surface area (Å²) < 4.78 is 41.0. The molecule has 0 saturated carbocycles. The van der Waals surface area contributed by atoms with Gasteiger partial charge in [0, 0.05) is 11.4 Å². The zero-order chi connectivity index (χ0) is 14.8. The van der Waals surface area contributed by atoms with E-state index in [1.54, 1.807) is 24.3 Å². The first-order valence-electron chi connectivity index (χ1n) is 5.83. The van der Waals surface area contributed by atoms with Crippen molar-refractivity contribution in [1.29, 1.82) is 0 Å². The number of aryl methyl sites for hydroxylation is 1. The number of para-hydroxylation sites is 2. The molecule has 0 aliphatic carbocycles. The van der Waals surface area contributed by atoms with Crippen LogP contribution in [-0.4, -0.2) is 6.36 Å². The van der Waals surface area contributed by atoms with Crippen molar-refractivity contribution in [3.8, 4) is 5.75 Å². The van der Waals surface area contributed by atoms with Gasteiger partial charge in [-0.15, -0.1) is 13.2 Å². The third-order valence-corrected chi connectivity index (χ3v) is 2.64. The maximum absolute atomic E-state index is 12.3. The van der Waals surface area contributed by atoms with Crippen LogP contribution in [-0.2, 0) is 0 Å². The Morgan fingerprint density at radius 3 is 2.45 bits per heavy atom. The molecule has 20 heavy (non-hydrogen) atoms. The molecular weight excluding hydrogens is 269 g/mol. The van der Waals surface area contributed by atoms with Crippen LogP contribution < -0.4 is 15.8 Å². The van der Waals surface area contributed by atoms with E-state index in [-0.39, 0.29) is 11.4 Å². The highest BCUT2D eigenvalue weighted by Gasteiger charge is 2.32. The van der Waals surface area contributed by atoms with Gasteiger partial charge in [0.05, 0.1) is 5.69 Å². The number of alkyl halides is 3. The van der Waals surface area contributed by atoms with E-state index in [0.717, 1.165) is 5.56 Å². The molecule has 106 valence electrons. The number of hydrogen-bond acceptors (Lipinski definition) is 3. The maximum atomic E-state index is 12.3. The van der Waals surface area contributed by atoms with Gasteiger partial charge in [0.2, 0.25) is 0 Å². The Morgan fingerprint density at radius 2 is 1.75 bits per heavy atom. The van der Waals surface area contributed by atoms with E-state index in [2.05, 4.69) is 10.1 Å². The normalized spacial score (nSPS) is 11.2. The van der Waals surface area contributed by atoms with E-state index in [4.69, 9.17) is 5.73 Å². The Morgan fingerprint density at radius 1 is 1.05 bits per heavy atom. The van der Waals surface area contributed by atoms with Gasteiger partial charge >= 0.3 is 6.36 Å². The van der Waals surface area contributed by atoms with Crippen LogP contribution in [0.1, 0.15) is 5.56 Å².